The number of carbonyl (C=O) groups is 3. The molecule has 596 valence electrons. The SMILES string of the molecule is C1CCCC1.CC(C)N1CN(C(C)C)c2ccccc21.CC(C)n1c[n+](C(C)C)c2ccc(OCCCCCCCCCCCCn3cc(C4CCCC4)nn3)cc21.CC(C)n1c[n+](C(C)C)c2ccccc21.CN1CN(C)c2ccccc21.Cn1c[n+](C)c2ccccc21.O=CO[O-].O=CO[O-].O=CO[O-].[Fe]. The van der Waals surface area contributed by atoms with Crippen molar-refractivity contribution in [1.82, 2.24) is 28.7 Å². The second-order valence-electron chi connectivity index (χ2n) is 29.6. The summed E-state index contributed by atoms with van der Waals surface area (Å²) >= 11 is 0. The van der Waals surface area contributed by atoms with Crippen molar-refractivity contribution < 1.29 is 80.3 Å². The Morgan fingerprint density at radius 3 is 1.32 bits per heavy atom. The number of hydrogen-bond acceptors (Lipinski definition) is 16. The fourth-order valence-corrected chi connectivity index (χ4v) is 14.0. The van der Waals surface area contributed by atoms with Gasteiger partial charge in [-0.2, -0.15) is 0 Å². The average molecular weight is 1530 g/mol. The van der Waals surface area contributed by atoms with E-state index >= 15 is 0 Å². The van der Waals surface area contributed by atoms with E-state index in [0.717, 1.165) is 38.7 Å². The van der Waals surface area contributed by atoms with Crippen LogP contribution in [0.3, 0.4) is 0 Å². The van der Waals surface area contributed by atoms with Gasteiger partial charge in [-0.05, 0) is 169 Å². The number of nitrogens with zero attached hydrogens (tertiary/aromatic N) is 13. The largest absolute Gasteiger partial charge is 0.662 e. The summed E-state index contributed by atoms with van der Waals surface area (Å²) in [4.78, 5) is 43.1. The molecule has 0 saturated heterocycles. The van der Waals surface area contributed by atoms with Crippen LogP contribution in [0.25, 0.3) is 33.1 Å². The maximum Gasteiger partial charge on any atom is 0.287 e. The molecule has 2 aliphatic carbocycles. The van der Waals surface area contributed by atoms with Crippen LogP contribution in [0, 0.1) is 0 Å². The number of ether oxygens (including phenoxy) is 1. The molecule has 2 fully saturated rings. The molecule has 4 aliphatic rings. The smallest absolute Gasteiger partial charge is 0.287 e. The van der Waals surface area contributed by atoms with Gasteiger partial charge in [0.25, 0.3) is 19.4 Å². The monoisotopic (exact) mass is 1530 g/mol. The number of hydrogen-bond donors (Lipinski definition) is 0. The molecule has 0 N–H and O–H groups in total. The Morgan fingerprint density at radius 2 is 0.880 bits per heavy atom. The minimum atomic E-state index is -0.181. The molecule has 0 radical (unpaired) electrons. The first kappa shape index (κ1) is 91.8. The van der Waals surface area contributed by atoms with Crippen molar-refractivity contribution in [2.45, 2.75) is 254 Å². The Bertz CT molecular complexity index is 3790. The van der Waals surface area contributed by atoms with Gasteiger partial charge >= 0.3 is 0 Å². The van der Waals surface area contributed by atoms with Crippen molar-refractivity contribution in [3.63, 3.8) is 0 Å². The number of unbranched alkanes of at least 4 members (excludes halogenated alkanes) is 9. The summed E-state index contributed by atoms with van der Waals surface area (Å²) in [6, 6.07) is 43.7. The van der Waals surface area contributed by atoms with E-state index in [2.05, 4.69) is 328 Å². The van der Waals surface area contributed by atoms with Gasteiger partial charge in [0.2, 0.25) is 19.0 Å². The fraction of sp³-hybridized carbons (Fsp3) is 0.548. The molecule has 0 bridgehead atoms. The molecule has 0 amide bonds. The number of aryl methyl sites for hydroxylation is 3. The van der Waals surface area contributed by atoms with Crippen molar-refractivity contribution in [2.75, 3.05) is 53.6 Å². The van der Waals surface area contributed by atoms with Crippen molar-refractivity contribution in [3.8, 4) is 5.75 Å². The Morgan fingerprint density at radius 1 is 0.472 bits per heavy atom. The van der Waals surface area contributed by atoms with Gasteiger partial charge < -0.3 is 54.8 Å². The van der Waals surface area contributed by atoms with Crippen LogP contribution in [-0.2, 0) is 66.8 Å². The predicted octanol–water partition coefficient (Wildman–Crippen LogP) is 14.3. The average Bonchev–Trinajstić information content (AvgIpc) is 1.67. The zero-order valence-electron chi connectivity index (χ0n) is 67.6. The van der Waals surface area contributed by atoms with Crippen molar-refractivity contribution in [3.05, 3.63) is 146 Å². The van der Waals surface area contributed by atoms with Gasteiger partial charge in [0.15, 0.2) is 33.1 Å². The van der Waals surface area contributed by atoms with Gasteiger partial charge in [-0.1, -0.05) is 150 Å². The molecule has 6 heterocycles. The summed E-state index contributed by atoms with van der Waals surface area (Å²) in [6.45, 7) is 30.2. The molecule has 0 unspecified atom stereocenters. The summed E-state index contributed by atoms with van der Waals surface area (Å²) < 4.78 is 21.8. The molecule has 0 atom stereocenters. The van der Waals surface area contributed by atoms with Crippen LogP contribution in [0.2, 0.25) is 0 Å². The maximum atomic E-state index is 8.64. The summed E-state index contributed by atoms with van der Waals surface area (Å²) in [6.07, 6.45) is 34.6. The number of aromatic nitrogens is 9. The van der Waals surface area contributed by atoms with Gasteiger partial charge in [0.1, 0.15) is 5.75 Å². The van der Waals surface area contributed by atoms with Gasteiger partial charge in [-0.25, -0.2) is 27.4 Å². The second-order valence-corrected chi connectivity index (χ2v) is 29.6. The maximum absolute atomic E-state index is 8.64. The number of rotatable bonds is 24. The number of carbonyl (C=O) groups excluding carboxylic acids is 3. The van der Waals surface area contributed by atoms with Gasteiger partial charge in [-0.3, -0.25) is 19.1 Å². The zero-order valence-corrected chi connectivity index (χ0v) is 68.7. The van der Waals surface area contributed by atoms with Crippen molar-refractivity contribution in [2.24, 2.45) is 14.1 Å². The molecule has 4 aromatic heterocycles. The normalized spacial score (nSPS) is 13.2. The molecule has 108 heavy (non-hydrogen) atoms. The fourth-order valence-electron chi connectivity index (χ4n) is 14.0. The Labute approximate surface area is 654 Å². The van der Waals surface area contributed by atoms with E-state index in [1.54, 1.807) is 0 Å². The van der Waals surface area contributed by atoms with E-state index in [1.807, 2.05) is 0 Å². The molecule has 13 rings (SSSR count). The van der Waals surface area contributed by atoms with Gasteiger partial charge in [0, 0.05) is 68.0 Å². The van der Waals surface area contributed by atoms with E-state index in [4.69, 9.17) is 34.9 Å². The van der Waals surface area contributed by atoms with E-state index < -0.39 is 0 Å². The summed E-state index contributed by atoms with van der Waals surface area (Å²) in [7, 11) is 8.34. The predicted molar refractivity (Wildman–Crippen MR) is 422 cm³/mol. The standard InChI is InChI=1S/C32H52N5O.C13H20N2.C13H19N2.C9H12N2.C9H11N2.C5H10.3CH2O3.Fe/c1-26(2)36-25-37(27(3)4)32-23-29(19-20-31(32)36)38-22-16-12-10-8-6-5-7-9-11-15-21-35-24-30(33-34-35)28-17-13-14-18-28;2*1-10(2)14-9-15(11(3)4)13-8-6-5-7-12(13)14;2*1-10-7-11(2)9-6-4-3-5-8(9)10;1-2-4-5-3-1;3*2-1-4-3;/h19-20,23-28H,5-18,21-22H2,1-4H3;5-8,10-11H,9H2,1-4H3;5-11H,1-4H3;3-6H,7H2,1-2H3;3-7H,1-2H3;1-5H2;3*1,3H;/q+1;;+1;;+1;;;;;/p-3. The number of para-hydroxylation sites is 8. The molecule has 5 aromatic carbocycles. The molecule has 2 aliphatic heterocycles. The first-order valence-electron chi connectivity index (χ1n) is 38.9. The van der Waals surface area contributed by atoms with Crippen LogP contribution < -0.4 is 53.8 Å². The van der Waals surface area contributed by atoms with E-state index in [1.165, 1.54) is 177 Å². The molecular formula is C84H127FeN13O10. The topological polar surface area (TPSA) is 227 Å². The van der Waals surface area contributed by atoms with Crippen LogP contribution in [0.1, 0.15) is 241 Å². The first-order valence-corrected chi connectivity index (χ1v) is 38.9. The minimum absolute atomic E-state index is 0. The number of fused-ring (bicyclic) bond motifs is 5. The number of benzene rings is 5. The second kappa shape index (κ2) is 50.2. The molecule has 9 aromatic rings. The summed E-state index contributed by atoms with van der Waals surface area (Å²) in [5, 5.41) is 34.1. The summed E-state index contributed by atoms with van der Waals surface area (Å²) in [5.41, 5.74) is 14.4. The van der Waals surface area contributed by atoms with Crippen LogP contribution >= 0.6 is 0 Å². The quantitative estimate of drug-likeness (QED) is 0.0137. The van der Waals surface area contributed by atoms with E-state index in [0.29, 0.717) is 42.2 Å². The summed E-state index contributed by atoms with van der Waals surface area (Å²) in [5.74, 6) is 1.67. The van der Waals surface area contributed by atoms with Crippen LogP contribution in [0.15, 0.2) is 140 Å². The number of anilines is 4. The Hall–Kier alpha value is -8.54. The molecular weight excluding hydrogens is 1410 g/mol. The van der Waals surface area contributed by atoms with Gasteiger partial charge in [0.05, 0.1) is 86.7 Å². The third kappa shape index (κ3) is 29.1. The third-order valence-electron chi connectivity index (χ3n) is 19.6. The van der Waals surface area contributed by atoms with Crippen LogP contribution in [-0.4, -0.2) is 94.2 Å². The molecule has 23 nitrogen and oxygen atoms in total. The van der Waals surface area contributed by atoms with Crippen LogP contribution in [0.5, 0.6) is 5.75 Å². The van der Waals surface area contributed by atoms with Crippen molar-refractivity contribution in [1.29, 1.82) is 0 Å². The number of imidazole rings is 3. The molecule has 0 spiro atoms. The van der Waals surface area contributed by atoms with Gasteiger partial charge in [-0.15, -0.1) is 5.10 Å². The molecule has 24 heteroatoms. The first-order chi connectivity index (χ1) is 51.6. The van der Waals surface area contributed by atoms with E-state index in [-0.39, 0.29) is 36.5 Å². The Kier molecular flexibility index (Phi) is 42.7. The van der Waals surface area contributed by atoms with Crippen molar-refractivity contribution >= 4 is 75.3 Å². The molecule has 2 saturated carbocycles. The zero-order chi connectivity index (χ0) is 78.2. The third-order valence-corrected chi connectivity index (χ3v) is 19.6. The van der Waals surface area contributed by atoms with Crippen LogP contribution in [0.4, 0.5) is 22.7 Å². The Balaban J connectivity index is 0.000000291. The minimum Gasteiger partial charge on any atom is -0.662 e. The van der Waals surface area contributed by atoms with E-state index in [9.17, 15) is 0 Å².